The minimum atomic E-state index is 0.687. The predicted molar refractivity (Wildman–Crippen MR) is 260 cm³/mol. The van der Waals surface area contributed by atoms with E-state index in [0.29, 0.717) is 5.82 Å². The van der Waals surface area contributed by atoms with E-state index >= 15 is 0 Å². The molecule has 0 aliphatic rings. The zero-order valence-electron chi connectivity index (χ0n) is 33.5. The first-order valence-corrected chi connectivity index (χ1v) is 21.7. The van der Waals surface area contributed by atoms with Crippen LogP contribution in [-0.2, 0) is 0 Å². The van der Waals surface area contributed by atoms with Gasteiger partial charge >= 0.3 is 0 Å². The van der Waals surface area contributed by atoms with Gasteiger partial charge in [0.2, 0.25) is 0 Å². The van der Waals surface area contributed by atoms with Gasteiger partial charge in [-0.2, -0.15) is 0 Å². The Balaban J connectivity index is 0.924. The Bertz CT molecular complexity index is 3590. The number of fused-ring (bicyclic) bond motifs is 6. The van der Waals surface area contributed by atoms with E-state index in [2.05, 4.69) is 200 Å². The van der Waals surface area contributed by atoms with Crippen LogP contribution in [0.25, 0.3) is 121 Å². The van der Waals surface area contributed by atoms with Crippen LogP contribution < -0.4 is 0 Å². The summed E-state index contributed by atoms with van der Waals surface area (Å²) in [5.74, 6) is 0.687. The van der Waals surface area contributed by atoms with Gasteiger partial charge in [-0.25, -0.2) is 9.97 Å². The summed E-state index contributed by atoms with van der Waals surface area (Å²) >= 11 is 1.84. The molecule has 3 nitrogen and oxygen atoms in total. The Morgan fingerprint density at radius 3 is 1.52 bits per heavy atom. The molecule has 12 aromatic rings. The molecule has 0 N–H and O–H groups in total. The van der Waals surface area contributed by atoms with E-state index in [1.807, 2.05) is 29.5 Å². The van der Waals surface area contributed by atoms with Crippen molar-refractivity contribution in [3.63, 3.8) is 0 Å². The van der Waals surface area contributed by atoms with Crippen molar-refractivity contribution in [2.75, 3.05) is 0 Å². The summed E-state index contributed by atoms with van der Waals surface area (Å²) in [5.41, 5.74) is 15.8. The van der Waals surface area contributed by atoms with Gasteiger partial charge in [0.05, 0.1) is 11.4 Å². The molecule has 290 valence electrons. The first-order valence-electron chi connectivity index (χ1n) is 20.9. The molecule has 0 aliphatic heterocycles. The minimum absolute atomic E-state index is 0.687. The van der Waals surface area contributed by atoms with Gasteiger partial charge in [0.1, 0.15) is 11.2 Å². The monoisotopic (exact) mass is 808 g/mol. The minimum Gasteiger partial charge on any atom is -0.455 e. The fourth-order valence-corrected chi connectivity index (χ4v) is 10.0. The normalized spacial score (nSPS) is 11.5. The molecule has 0 radical (unpaired) electrons. The summed E-state index contributed by atoms with van der Waals surface area (Å²) in [6.45, 7) is 0. The van der Waals surface area contributed by atoms with E-state index in [1.54, 1.807) is 0 Å². The van der Waals surface area contributed by atoms with Gasteiger partial charge in [-0.1, -0.05) is 188 Å². The maximum atomic E-state index is 6.78. The van der Waals surface area contributed by atoms with Crippen LogP contribution in [0.15, 0.2) is 223 Å². The lowest BCUT2D eigenvalue weighted by molar-refractivity contribution is 0.670. The highest BCUT2D eigenvalue weighted by Crippen LogP contribution is 2.46. The Kier molecular flexibility index (Phi) is 8.68. The number of rotatable bonds is 7. The largest absolute Gasteiger partial charge is 0.455 e. The molecular weight excluding hydrogens is 773 g/mol. The van der Waals surface area contributed by atoms with Crippen molar-refractivity contribution in [2.45, 2.75) is 0 Å². The number of hydrogen-bond acceptors (Lipinski definition) is 4. The summed E-state index contributed by atoms with van der Waals surface area (Å²) in [6, 6.07) is 77.2. The molecule has 0 spiro atoms. The Hall–Kier alpha value is -7.92. The number of aromatic nitrogens is 2. The van der Waals surface area contributed by atoms with Gasteiger partial charge in [-0.15, -0.1) is 11.3 Å². The Morgan fingerprint density at radius 2 is 0.823 bits per heavy atom. The smallest absolute Gasteiger partial charge is 0.160 e. The van der Waals surface area contributed by atoms with Crippen molar-refractivity contribution in [1.82, 2.24) is 9.97 Å². The molecule has 12 rings (SSSR count). The molecule has 0 fully saturated rings. The van der Waals surface area contributed by atoms with E-state index in [4.69, 9.17) is 14.4 Å². The number of furan rings is 1. The van der Waals surface area contributed by atoms with Crippen LogP contribution in [-0.4, -0.2) is 9.97 Å². The zero-order valence-corrected chi connectivity index (χ0v) is 34.3. The molecule has 62 heavy (non-hydrogen) atoms. The van der Waals surface area contributed by atoms with Gasteiger partial charge in [0.25, 0.3) is 0 Å². The zero-order chi connectivity index (χ0) is 41.0. The lowest BCUT2D eigenvalue weighted by atomic mass is 9.92. The van der Waals surface area contributed by atoms with Gasteiger partial charge in [0, 0.05) is 53.2 Å². The molecule has 3 heterocycles. The molecule has 0 saturated heterocycles. The average molecular weight is 809 g/mol. The molecule has 0 unspecified atom stereocenters. The van der Waals surface area contributed by atoms with E-state index in [9.17, 15) is 0 Å². The third-order valence-electron chi connectivity index (χ3n) is 12.0. The summed E-state index contributed by atoms with van der Waals surface area (Å²) in [5, 5.41) is 4.77. The maximum Gasteiger partial charge on any atom is 0.160 e. The highest BCUT2D eigenvalue weighted by atomic mass is 32.1. The highest BCUT2D eigenvalue weighted by Gasteiger charge is 2.20. The SMILES string of the molecule is c1ccc(-c2ccc(-c3ccc(-c4nc(-c5ccccc5)cc(-c5ccc(-c6ccc(-c7cccc8sc9ccccc9c78)c7oc8ccccc8c67)cc5)n4)cc3)cc2)cc1. The molecule has 9 aromatic carbocycles. The lowest BCUT2D eigenvalue weighted by Crippen LogP contribution is -1.96. The van der Waals surface area contributed by atoms with Crippen LogP contribution in [0.3, 0.4) is 0 Å². The second kappa shape index (κ2) is 15.0. The molecule has 0 bridgehead atoms. The van der Waals surface area contributed by atoms with Crippen molar-refractivity contribution in [3.8, 4) is 78.4 Å². The van der Waals surface area contributed by atoms with E-state index in [0.717, 1.165) is 72.3 Å². The fraction of sp³-hybridized carbons (Fsp3) is 0. The van der Waals surface area contributed by atoms with E-state index in [-0.39, 0.29) is 0 Å². The lowest BCUT2D eigenvalue weighted by Gasteiger charge is -2.12. The topological polar surface area (TPSA) is 38.9 Å². The molecule has 0 saturated carbocycles. The third kappa shape index (κ3) is 6.28. The van der Waals surface area contributed by atoms with Crippen LogP contribution >= 0.6 is 11.3 Å². The number of para-hydroxylation sites is 1. The third-order valence-corrected chi connectivity index (χ3v) is 13.1. The molecule has 0 aliphatic carbocycles. The van der Waals surface area contributed by atoms with Crippen molar-refractivity contribution in [1.29, 1.82) is 0 Å². The maximum absolute atomic E-state index is 6.78. The van der Waals surface area contributed by atoms with Crippen molar-refractivity contribution >= 4 is 53.4 Å². The van der Waals surface area contributed by atoms with Crippen LogP contribution in [0.5, 0.6) is 0 Å². The van der Waals surface area contributed by atoms with E-state index in [1.165, 1.54) is 42.4 Å². The van der Waals surface area contributed by atoms with Gasteiger partial charge in [0.15, 0.2) is 5.82 Å². The molecule has 3 aromatic heterocycles. The van der Waals surface area contributed by atoms with Gasteiger partial charge in [-0.3, -0.25) is 0 Å². The number of hydrogen-bond donors (Lipinski definition) is 0. The molecule has 0 atom stereocenters. The Morgan fingerprint density at radius 1 is 0.323 bits per heavy atom. The summed E-state index contributed by atoms with van der Waals surface area (Å²) in [6.07, 6.45) is 0. The second-order valence-corrected chi connectivity index (χ2v) is 16.7. The summed E-state index contributed by atoms with van der Waals surface area (Å²) < 4.78 is 9.35. The highest BCUT2D eigenvalue weighted by molar-refractivity contribution is 7.25. The Labute approximate surface area is 362 Å². The molecular formula is C58H36N2OS. The number of nitrogens with zero attached hydrogens (tertiary/aromatic N) is 2. The summed E-state index contributed by atoms with van der Waals surface area (Å²) in [4.78, 5) is 10.3. The quantitative estimate of drug-likeness (QED) is 0.161. The average Bonchev–Trinajstić information content (AvgIpc) is 3.94. The van der Waals surface area contributed by atoms with E-state index < -0.39 is 0 Å². The van der Waals surface area contributed by atoms with Crippen LogP contribution in [0.1, 0.15) is 0 Å². The van der Waals surface area contributed by atoms with Crippen molar-refractivity contribution in [2.24, 2.45) is 0 Å². The first-order chi connectivity index (χ1) is 30.7. The van der Waals surface area contributed by atoms with Crippen LogP contribution in [0, 0.1) is 0 Å². The van der Waals surface area contributed by atoms with Crippen LogP contribution in [0.2, 0.25) is 0 Å². The van der Waals surface area contributed by atoms with Gasteiger partial charge in [-0.05, 0) is 69.3 Å². The van der Waals surface area contributed by atoms with Crippen molar-refractivity contribution < 1.29 is 4.42 Å². The van der Waals surface area contributed by atoms with Crippen LogP contribution in [0.4, 0.5) is 0 Å². The number of benzene rings is 9. The molecule has 4 heteroatoms. The number of thiophene rings is 1. The fourth-order valence-electron chi connectivity index (χ4n) is 8.88. The summed E-state index contributed by atoms with van der Waals surface area (Å²) in [7, 11) is 0. The standard InChI is InChI=1S/C58H36N2OS/c1-3-12-37(13-4-1)38-22-24-39(25-23-38)40-26-32-44(33-27-40)58-59-50(42-14-5-2-6-15-42)36-51(60-58)43-30-28-41(29-31-43)45-34-35-47(57-56(45)48-16-7-9-19-52(48)61-57)46-18-11-21-54-55(46)49-17-8-10-20-53(49)62-54/h1-36H. The second-order valence-electron chi connectivity index (χ2n) is 15.7. The predicted octanol–water partition coefficient (Wildman–Crippen LogP) is 16.4. The van der Waals surface area contributed by atoms with Gasteiger partial charge < -0.3 is 4.42 Å². The first kappa shape index (κ1) is 36.0. The van der Waals surface area contributed by atoms with Crippen molar-refractivity contribution in [3.05, 3.63) is 218 Å². The molecule has 0 amide bonds.